The fourth-order valence-electron chi connectivity index (χ4n) is 4.57. The molecule has 0 aliphatic carbocycles. The quantitative estimate of drug-likeness (QED) is 0.300. The number of hydrogen-bond acceptors (Lipinski definition) is 3. The van der Waals surface area contributed by atoms with Gasteiger partial charge < -0.3 is 9.84 Å². The average molecular weight is 439 g/mol. The van der Waals surface area contributed by atoms with Crippen LogP contribution in [0, 0.1) is 0 Å². The first-order valence-corrected chi connectivity index (χ1v) is 11.6. The number of rotatable bonds is 8. The highest BCUT2D eigenvalue weighted by Crippen LogP contribution is 2.41. The SMILES string of the molecule is CCCC1(CCc2ccccc2)CC(O)=C(/C(=C/c2ccccc2)c2ccccc2)C(=O)O1. The minimum Gasteiger partial charge on any atom is -0.511 e. The van der Waals surface area contributed by atoms with Crippen LogP contribution >= 0.6 is 0 Å². The van der Waals surface area contributed by atoms with E-state index in [2.05, 4.69) is 19.1 Å². The van der Waals surface area contributed by atoms with E-state index in [9.17, 15) is 9.90 Å². The first kappa shape index (κ1) is 22.6. The summed E-state index contributed by atoms with van der Waals surface area (Å²) in [7, 11) is 0. The highest BCUT2D eigenvalue weighted by atomic mass is 16.6. The molecule has 3 heteroatoms. The molecule has 3 aromatic carbocycles. The largest absolute Gasteiger partial charge is 0.511 e. The lowest BCUT2D eigenvalue weighted by Crippen LogP contribution is -2.41. The number of esters is 1. The first-order valence-electron chi connectivity index (χ1n) is 11.6. The van der Waals surface area contributed by atoms with Crippen molar-refractivity contribution < 1.29 is 14.6 Å². The van der Waals surface area contributed by atoms with Crippen LogP contribution < -0.4 is 0 Å². The second-order valence-electron chi connectivity index (χ2n) is 8.64. The Bertz CT molecular complexity index is 1130. The minimum atomic E-state index is -0.691. The Morgan fingerprint density at radius 2 is 1.52 bits per heavy atom. The highest BCUT2D eigenvalue weighted by Gasteiger charge is 2.42. The van der Waals surface area contributed by atoms with Crippen LogP contribution in [0.5, 0.6) is 0 Å². The van der Waals surface area contributed by atoms with Gasteiger partial charge in [-0.15, -0.1) is 0 Å². The zero-order valence-corrected chi connectivity index (χ0v) is 19.0. The summed E-state index contributed by atoms with van der Waals surface area (Å²) in [4.78, 5) is 13.4. The summed E-state index contributed by atoms with van der Waals surface area (Å²) in [5.74, 6) is -0.343. The van der Waals surface area contributed by atoms with E-state index in [1.807, 2.05) is 84.9 Å². The van der Waals surface area contributed by atoms with Gasteiger partial charge in [0.2, 0.25) is 0 Å². The van der Waals surface area contributed by atoms with Crippen molar-refractivity contribution >= 4 is 17.6 Å². The molecule has 0 saturated carbocycles. The minimum absolute atomic E-state index is 0.110. The zero-order chi connectivity index (χ0) is 23.1. The number of aryl methyl sites for hydroxylation is 1. The van der Waals surface area contributed by atoms with Crippen LogP contribution in [0.2, 0.25) is 0 Å². The van der Waals surface area contributed by atoms with Gasteiger partial charge in [-0.25, -0.2) is 4.79 Å². The van der Waals surface area contributed by atoms with Gasteiger partial charge in [0.05, 0.1) is 0 Å². The second-order valence-corrected chi connectivity index (χ2v) is 8.64. The maximum atomic E-state index is 13.4. The molecular weight excluding hydrogens is 408 g/mol. The molecule has 3 aromatic rings. The molecule has 1 heterocycles. The Labute approximate surface area is 196 Å². The Morgan fingerprint density at radius 3 is 2.12 bits per heavy atom. The monoisotopic (exact) mass is 438 g/mol. The molecule has 0 fully saturated rings. The Hall–Kier alpha value is -3.59. The third kappa shape index (κ3) is 5.43. The number of cyclic esters (lactones) is 1. The van der Waals surface area contributed by atoms with Crippen LogP contribution in [0.25, 0.3) is 11.6 Å². The fraction of sp³-hybridized carbons (Fsp3) is 0.233. The zero-order valence-electron chi connectivity index (χ0n) is 19.0. The molecule has 33 heavy (non-hydrogen) atoms. The normalized spacial score (nSPS) is 18.8. The van der Waals surface area contributed by atoms with E-state index in [0.29, 0.717) is 24.8 Å². The van der Waals surface area contributed by atoms with E-state index in [-0.39, 0.29) is 11.3 Å². The van der Waals surface area contributed by atoms with E-state index in [4.69, 9.17) is 4.74 Å². The lowest BCUT2D eigenvalue weighted by Gasteiger charge is -2.37. The molecule has 0 radical (unpaired) electrons. The molecule has 0 bridgehead atoms. The lowest BCUT2D eigenvalue weighted by molar-refractivity contribution is -0.160. The summed E-state index contributed by atoms with van der Waals surface area (Å²) in [6.07, 6.45) is 5.33. The van der Waals surface area contributed by atoms with E-state index < -0.39 is 11.6 Å². The van der Waals surface area contributed by atoms with E-state index in [0.717, 1.165) is 24.0 Å². The van der Waals surface area contributed by atoms with Crippen molar-refractivity contribution in [3.63, 3.8) is 0 Å². The van der Waals surface area contributed by atoms with Crippen LogP contribution in [0.1, 0.15) is 49.3 Å². The number of carbonyl (C=O) groups excluding carboxylic acids is 1. The molecule has 1 atom stereocenters. The molecule has 1 unspecified atom stereocenters. The first-order chi connectivity index (χ1) is 16.1. The van der Waals surface area contributed by atoms with Crippen LogP contribution in [-0.2, 0) is 16.0 Å². The molecule has 0 saturated heterocycles. The smallest absolute Gasteiger partial charge is 0.342 e. The van der Waals surface area contributed by atoms with Gasteiger partial charge in [0.1, 0.15) is 16.9 Å². The van der Waals surface area contributed by atoms with Crippen molar-refractivity contribution in [3.05, 3.63) is 119 Å². The van der Waals surface area contributed by atoms with Crippen LogP contribution in [0.15, 0.2) is 102 Å². The van der Waals surface area contributed by atoms with Gasteiger partial charge in [0.25, 0.3) is 0 Å². The maximum absolute atomic E-state index is 13.4. The maximum Gasteiger partial charge on any atom is 0.342 e. The summed E-state index contributed by atoms with van der Waals surface area (Å²) in [6.45, 7) is 2.08. The van der Waals surface area contributed by atoms with Crippen LogP contribution in [-0.4, -0.2) is 16.7 Å². The van der Waals surface area contributed by atoms with Crippen molar-refractivity contribution in [2.45, 2.75) is 44.6 Å². The van der Waals surface area contributed by atoms with Gasteiger partial charge in [0.15, 0.2) is 0 Å². The lowest BCUT2D eigenvalue weighted by atomic mass is 9.82. The Kier molecular flexibility index (Phi) is 7.09. The van der Waals surface area contributed by atoms with Crippen molar-refractivity contribution in [3.8, 4) is 0 Å². The summed E-state index contributed by atoms with van der Waals surface area (Å²) in [6, 6.07) is 29.7. The van der Waals surface area contributed by atoms with Gasteiger partial charge in [0, 0.05) is 12.0 Å². The van der Waals surface area contributed by atoms with Crippen molar-refractivity contribution in [1.82, 2.24) is 0 Å². The number of carbonyl (C=O) groups is 1. The highest BCUT2D eigenvalue weighted by molar-refractivity contribution is 6.11. The summed E-state index contributed by atoms with van der Waals surface area (Å²) in [5.41, 5.74) is 3.27. The molecule has 0 aromatic heterocycles. The van der Waals surface area contributed by atoms with E-state index in [1.165, 1.54) is 5.56 Å². The average Bonchev–Trinajstić information content (AvgIpc) is 2.84. The van der Waals surface area contributed by atoms with Gasteiger partial charge in [-0.3, -0.25) is 0 Å². The molecule has 1 aliphatic rings. The Morgan fingerprint density at radius 1 is 0.909 bits per heavy atom. The number of hydrogen-bond donors (Lipinski definition) is 1. The topological polar surface area (TPSA) is 46.5 Å². The van der Waals surface area contributed by atoms with Crippen LogP contribution in [0.3, 0.4) is 0 Å². The van der Waals surface area contributed by atoms with E-state index in [1.54, 1.807) is 0 Å². The van der Waals surface area contributed by atoms with E-state index >= 15 is 0 Å². The number of aliphatic hydroxyl groups excluding tert-OH is 1. The third-order valence-electron chi connectivity index (χ3n) is 6.17. The van der Waals surface area contributed by atoms with Crippen molar-refractivity contribution in [2.75, 3.05) is 0 Å². The van der Waals surface area contributed by atoms with Crippen molar-refractivity contribution in [1.29, 1.82) is 0 Å². The predicted molar refractivity (Wildman–Crippen MR) is 134 cm³/mol. The molecule has 1 aliphatic heterocycles. The molecule has 0 amide bonds. The number of ether oxygens (including phenoxy) is 1. The molecule has 0 spiro atoms. The van der Waals surface area contributed by atoms with Crippen LogP contribution in [0.4, 0.5) is 0 Å². The molecule has 3 nitrogen and oxygen atoms in total. The summed E-state index contributed by atoms with van der Waals surface area (Å²) < 4.78 is 6.16. The van der Waals surface area contributed by atoms with Gasteiger partial charge in [-0.2, -0.15) is 0 Å². The third-order valence-corrected chi connectivity index (χ3v) is 6.17. The summed E-state index contributed by atoms with van der Waals surface area (Å²) >= 11 is 0. The summed E-state index contributed by atoms with van der Waals surface area (Å²) in [5, 5.41) is 11.2. The van der Waals surface area contributed by atoms with Gasteiger partial charge in [-0.05, 0) is 42.0 Å². The number of benzene rings is 3. The van der Waals surface area contributed by atoms with Crippen molar-refractivity contribution in [2.24, 2.45) is 0 Å². The van der Waals surface area contributed by atoms with Gasteiger partial charge in [-0.1, -0.05) is 104 Å². The fourth-order valence-corrected chi connectivity index (χ4v) is 4.57. The molecule has 168 valence electrons. The Balaban J connectivity index is 1.70. The van der Waals surface area contributed by atoms with Gasteiger partial charge >= 0.3 is 5.97 Å². The molecule has 1 N–H and O–H groups in total. The standard InChI is InChI=1S/C30H30O3/c1-2-19-30(20-18-23-12-6-3-7-13-23)22-27(31)28(29(32)33-30)26(25-16-10-5-11-17-25)21-24-14-8-4-9-15-24/h3-17,21,31H,2,18-20,22H2,1H3/b26-21+. The predicted octanol–water partition coefficient (Wildman–Crippen LogP) is 7.16. The molecular formula is C30H30O3. The molecule has 4 rings (SSSR count). The second kappa shape index (κ2) is 10.4. The number of aliphatic hydroxyl groups is 1.